The van der Waals surface area contributed by atoms with E-state index in [1.165, 1.54) is 12.1 Å². The molecule has 4 rings (SSSR count). The Kier molecular flexibility index (Phi) is 4.32. The number of rotatable bonds is 3. The molecule has 0 radical (unpaired) electrons. The molecule has 0 spiro atoms. The van der Waals surface area contributed by atoms with Gasteiger partial charge in [0, 0.05) is 24.7 Å². The van der Waals surface area contributed by atoms with E-state index in [1.54, 1.807) is 12.1 Å². The molecule has 134 valence electrons. The van der Waals surface area contributed by atoms with E-state index in [-0.39, 0.29) is 30.1 Å². The lowest BCUT2D eigenvalue weighted by atomic mass is 10.00. The van der Waals surface area contributed by atoms with Crippen molar-refractivity contribution >= 4 is 17.4 Å². The molecule has 0 bridgehead atoms. The molecule has 2 aliphatic heterocycles. The fourth-order valence-corrected chi connectivity index (χ4v) is 3.81. The summed E-state index contributed by atoms with van der Waals surface area (Å²) in [6.45, 7) is 0.0156. The van der Waals surface area contributed by atoms with E-state index < -0.39 is 5.82 Å². The number of halogens is 1. The standard InChI is InChI=1S/C20H20FN3O2/c21-14-7-3-4-8-15(14)22-18(26)13-24-19-11-2-1-5-12-23(19)16-9-6-10-17(25)20(16)24/h1-5,7-8,12,19H,6,9-11,13H2,(H,22,26). The van der Waals surface area contributed by atoms with Crippen molar-refractivity contribution in [3.05, 3.63) is 65.9 Å². The molecule has 1 aromatic carbocycles. The SMILES string of the molecule is O=C(CN1C2=C(CCCC2=O)N2C=CC=CCC21)Nc1ccccc1F. The summed E-state index contributed by atoms with van der Waals surface area (Å²) in [6, 6.07) is 6.07. The van der Waals surface area contributed by atoms with Crippen molar-refractivity contribution in [1.29, 1.82) is 0 Å². The first-order valence-corrected chi connectivity index (χ1v) is 8.84. The second-order valence-corrected chi connectivity index (χ2v) is 6.62. The Hall–Kier alpha value is -2.89. The van der Waals surface area contributed by atoms with Crippen molar-refractivity contribution in [2.45, 2.75) is 31.8 Å². The van der Waals surface area contributed by atoms with Crippen molar-refractivity contribution in [2.24, 2.45) is 0 Å². The number of anilines is 1. The molecule has 0 saturated heterocycles. The largest absolute Gasteiger partial charge is 0.337 e. The van der Waals surface area contributed by atoms with E-state index in [4.69, 9.17) is 0 Å². The van der Waals surface area contributed by atoms with E-state index in [2.05, 4.69) is 10.2 Å². The summed E-state index contributed by atoms with van der Waals surface area (Å²) in [5.74, 6) is -0.729. The van der Waals surface area contributed by atoms with Crippen LogP contribution in [0, 0.1) is 5.82 Å². The minimum atomic E-state index is -0.474. The van der Waals surface area contributed by atoms with Gasteiger partial charge in [0.2, 0.25) is 5.91 Å². The molecule has 3 aliphatic rings. The maximum Gasteiger partial charge on any atom is 0.244 e. The number of nitrogens with zero attached hydrogens (tertiary/aromatic N) is 2. The molecule has 1 unspecified atom stereocenters. The van der Waals surface area contributed by atoms with Crippen LogP contribution in [0.3, 0.4) is 0 Å². The molecule has 26 heavy (non-hydrogen) atoms. The van der Waals surface area contributed by atoms with Crippen LogP contribution in [0.15, 0.2) is 60.1 Å². The van der Waals surface area contributed by atoms with Crippen LogP contribution < -0.4 is 5.32 Å². The molecule has 1 aliphatic carbocycles. The molecule has 1 atom stereocenters. The Labute approximate surface area is 151 Å². The molecule has 0 saturated carbocycles. The number of nitrogens with one attached hydrogen (secondary N) is 1. The number of amides is 1. The number of allylic oxidation sites excluding steroid dienone is 4. The van der Waals surface area contributed by atoms with E-state index >= 15 is 0 Å². The van der Waals surface area contributed by atoms with Gasteiger partial charge in [0.15, 0.2) is 5.78 Å². The highest BCUT2D eigenvalue weighted by atomic mass is 19.1. The zero-order valence-corrected chi connectivity index (χ0v) is 14.3. The highest BCUT2D eigenvalue weighted by molar-refractivity contribution is 5.99. The number of hydrogen-bond acceptors (Lipinski definition) is 4. The summed E-state index contributed by atoms with van der Waals surface area (Å²) in [4.78, 5) is 29.1. The molecule has 2 heterocycles. The third-order valence-electron chi connectivity index (χ3n) is 4.94. The lowest BCUT2D eigenvalue weighted by Crippen LogP contribution is -2.42. The molecule has 0 aromatic heterocycles. The van der Waals surface area contributed by atoms with E-state index in [1.807, 2.05) is 29.3 Å². The maximum atomic E-state index is 13.8. The van der Waals surface area contributed by atoms with Gasteiger partial charge in [0.05, 0.1) is 12.2 Å². The minimum absolute atomic E-state index is 0.0156. The number of fused-ring (bicyclic) bond motifs is 2. The summed E-state index contributed by atoms with van der Waals surface area (Å²) in [5.41, 5.74) is 1.79. The van der Waals surface area contributed by atoms with Crippen LogP contribution in [0.25, 0.3) is 0 Å². The predicted octanol–water partition coefficient (Wildman–Crippen LogP) is 3.15. The van der Waals surface area contributed by atoms with Crippen molar-refractivity contribution < 1.29 is 14.0 Å². The fraction of sp³-hybridized carbons (Fsp3) is 0.300. The molecule has 6 heteroatoms. The van der Waals surface area contributed by atoms with Gasteiger partial charge in [-0.25, -0.2) is 4.39 Å². The number of carbonyl (C=O) groups is 2. The van der Waals surface area contributed by atoms with Crippen molar-refractivity contribution in [1.82, 2.24) is 9.80 Å². The van der Waals surface area contributed by atoms with Gasteiger partial charge in [-0.05, 0) is 31.1 Å². The Morgan fingerprint density at radius 3 is 2.92 bits per heavy atom. The van der Waals surface area contributed by atoms with Gasteiger partial charge < -0.3 is 15.1 Å². The molecule has 5 nitrogen and oxygen atoms in total. The summed E-state index contributed by atoms with van der Waals surface area (Å²) in [7, 11) is 0. The lowest BCUT2D eigenvalue weighted by molar-refractivity contribution is -0.119. The van der Waals surface area contributed by atoms with Crippen molar-refractivity contribution in [3.8, 4) is 0 Å². The Morgan fingerprint density at radius 2 is 2.08 bits per heavy atom. The Bertz CT molecular complexity index is 843. The van der Waals surface area contributed by atoms with Gasteiger partial charge in [0.25, 0.3) is 0 Å². The van der Waals surface area contributed by atoms with Crippen LogP contribution in [0.2, 0.25) is 0 Å². The zero-order valence-electron chi connectivity index (χ0n) is 14.3. The smallest absolute Gasteiger partial charge is 0.244 e. The van der Waals surface area contributed by atoms with E-state index in [9.17, 15) is 14.0 Å². The van der Waals surface area contributed by atoms with Crippen molar-refractivity contribution in [2.75, 3.05) is 11.9 Å². The van der Waals surface area contributed by atoms with Crippen LogP contribution in [-0.4, -0.2) is 34.2 Å². The van der Waals surface area contributed by atoms with Gasteiger partial charge in [0.1, 0.15) is 17.7 Å². The molecule has 1 aromatic rings. The van der Waals surface area contributed by atoms with Crippen LogP contribution in [0.5, 0.6) is 0 Å². The third-order valence-corrected chi connectivity index (χ3v) is 4.94. The van der Waals surface area contributed by atoms with E-state index in [0.29, 0.717) is 18.5 Å². The average Bonchev–Trinajstić information content (AvgIpc) is 2.78. The van der Waals surface area contributed by atoms with Crippen LogP contribution in [-0.2, 0) is 9.59 Å². The van der Waals surface area contributed by atoms with E-state index in [0.717, 1.165) is 18.5 Å². The number of ketones is 1. The van der Waals surface area contributed by atoms with Crippen LogP contribution in [0.4, 0.5) is 10.1 Å². The second kappa shape index (κ2) is 6.78. The number of para-hydroxylation sites is 1. The molecular formula is C20H20FN3O2. The Morgan fingerprint density at radius 1 is 1.23 bits per heavy atom. The number of benzene rings is 1. The lowest BCUT2D eigenvalue weighted by Gasteiger charge is -2.31. The van der Waals surface area contributed by atoms with Crippen molar-refractivity contribution in [3.63, 3.8) is 0 Å². The molecule has 1 N–H and O–H groups in total. The highest BCUT2D eigenvalue weighted by Gasteiger charge is 2.41. The third kappa shape index (κ3) is 2.92. The average molecular weight is 353 g/mol. The predicted molar refractivity (Wildman–Crippen MR) is 96.1 cm³/mol. The minimum Gasteiger partial charge on any atom is -0.337 e. The normalized spacial score (nSPS) is 21.6. The molecule has 0 fully saturated rings. The van der Waals surface area contributed by atoms with Crippen LogP contribution in [0.1, 0.15) is 25.7 Å². The first-order chi connectivity index (χ1) is 12.6. The summed E-state index contributed by atoms with van der Waals surface area (Å²) >= 11 is 0. The summed E-state index contributed by atoms with van der Waals surface area (Å²) < 4.78 is 13.8. The zero-order chi connectivity index (χ0) is 18.1. The van der Waals surface area contributed by atoms with Gasteiger partial charge in [-0.3, -0.25) is 9.59 Å². The Balaban J connectivity index is 1.59. The number of Topliss-reactive ketones (excluding diaryl/α,β-unsaturated/α-hetero) is 1. The van der Waals surface area contributed by atoms with Gasteiger partial charge in [-0.1, -0.05) is 24.3 Å². The van der Waals surface area contributed by atoms with Crippen LogP contribution >= 0.6 is 0 Å². The van der Waals surface area contributed by atoms with Gasteiger partial charge >= 0.3 is 0 Å². The quantitative estimate of drug-likeness (QED) is 0.907. The second-order valence-electron chi connectivity index (χ2n) is 6.62. The maximum absolute atomic E-state index is 13.8. The topological polar surface area (TPSA) is 52.7 Å². The summed E-state index contributed by atoms with van der Waals surface area (Å²) in [6.07, 6.45) is 10.7. The first-order valence-electron chi connectivity index (χ1n) is 8.84. The fourth-order valence-electron chi connectivity index (χ4n) is 3.81. The molecular weight excluding hydrogens is 333 g/mol. The highest BCUT2D eigenvalue weighted by Crippen LogP contribution is 2.39. The number of hydrogen-bond donors (Lipinski definition) is 1. The molecule has 1 amide bonds. The number of carbonyl (C=O) groups excluding carboxylic acids is 2. The first kappa shape index (κ1) is 16.6. The van der Waals surface area contributed by atoms with Gasteiger partial charge in [-0.2, -0.15) is 0 Å². The van der Waals surface area contributed by atoms with Gasteiger partial charge in [-0.15, -0.1) is 0 Å². The monoisotopic (exact) mass is 353 g/mol. The summed E-state index contributed by atoms with van der Waals surface area (Å²) in [5, 5.41) is 2.61.